The topological polar surface area (TPSA) is 830 Å². The first-order chi connectivity index (χ1) is 63.2. The maximum atomic E-state index is 13.8. The minimum Gasteiger partial charge on any atom is -0.456 e. The molecule has 14 unspecified atom stereocenters. The molecule has 0 aromatic rings. The van der Waals surface area contributed by atoms with E-state index >= 15 is 0 Å². The number of ether oxygens (including phenoxy) is 27. The number of carbonyl (C=O) groups excluding carboxylic acids is 14. The van der Waals surface area contributed by atoms with Crippen LogP contribution in [0, 0.1) is 5.92 Å². The van der Waals surface area contributed by atoms with Crippen molar-refractivity contribution in [2.24, 2.45) is 41.7 Å². The molecule has 62 nitrogen and oxygen atoms in total. The van der Waals surface area contributed by atoms with E-state index < -0.39 is 350 Å². The van der Waals surface area contributed by atoms with Crippen molar-refractivity contribution in [3.63, 3.8) is 0 Å². The Labute approximate surface area is 749 Å². The van der Waals surface area contributed by atoms with Crippen LogP contribution in [0.25, 0.3) is 73.1 Å². The third-order valence-corrected chi connectivity index (χ3v) is 20.2. The molecule has 20 heterocycles. The molecule has 20 aliphatic heterocycles. The Hall–Kier alpha value is -12.8. The predicted octanol–water partition coefficient (Wildman–Crippen LogP) is 2.65. The number of carbonyl (C=O) groups is 14. The van der Waals surface area contributed by atoms with Crippen LogP contribution in [0.15, 0.2) is 35.8 Å². The van der Waals surface area contributed by atoms with Crippen molar-refractivity contribution in [2.45, 2.75) is 312 Å². The molecule has 21 aliphatic rings. The van der Waals surface area contributed by atoms with Gasteiger partial charge in [0.05, 0.1) is 82.0 Å². The zero-order valence-electron chi connectivity index (χ0n) is 73.0. The summed E-state index contributed by atoms with van der Waals surface area (Å²) in [5.74, 6) is -19.4. The largest absolute Gasteiger partial charge is 0.456 e. The fraction of sp³-hybridized carbons (Fsp3) is 0.803. The van der Waals surface area contributed by atoms with Crippen LogP contribution in [-0.2, 0) is 195 Å². The van der Waals surface area contributed by atoms with Crippen LogP contribution in [-0.4, -0.2) is 338 Å². The Kier molecular flexibility index (Phi) is 39.4. The van der Waals surface area contributed by atoms with Crippen molar-refractivity contribution in [3.8, 4) is 0 Å². The van der Waals surface area contributed by atoms with Gasteiger partial charge in [0, 0.05) is 138 Å². The predicted molar refractivity (Wildman–Crippen MR) is 414 cm³/mol. The Bertz CT molecular complexity index is 3830. The summed E-state index contributed by atoms with van der Waals surface area (Å²) in [4.78, 5) is 213. The molecule has 62 heteroatoms. The second kappa shape index (κ2) is 49.6. The summed E-state index contributed by atoms with van der Waals surface area (Å²) in [6.07, 6.45) is -76.4. The number of esters is 14. The number of hydrogen-bond acceptors (Lipinski definition) is 48. The third-order valence-electron chi connectivity index (χ3n) is 20.2. The van der Waals surface area contributed by atoms with Gasteiger partial charge in [-0.1, -0.05) is 35.8 Å². The highest BCUT2D eigenvalue weighted by Gasteiger charge is 2.65. The van der Waals surface area contributed by atoms with Crippen LogP contribution in [0.1, 0.15) is 103 Å². The van der Waals surface area contributed by atoms with Gasteiger partial charge in [-0.2, -0.15) is 0 Å². The molecular weight excluding hydrogens is 1800 g/mol. The van der Waals surface area contributed by atoms with E-state index in [2.05, 4.69) is 70.2 Å². The van der Waals surface area contributed by atoms with Gasteiger partial charge in [0.25, 0.3) is 0 Å². The van der Waals surface area contributed by atoms with Gasteiger partial charge in [-0.15, -0.1) is 0 Å². The molecule has 1 saturated carbocycles. The van der Waals surface area contributed by atoms with Crippen molar-refractivity contribution >= 4 is 83.6 Å². The molecule has 0 aromatic heterocycles. The lowest BCUT2D eigenvalue weighted by atomic mass is 9.79. The van der Waals surface area contributed by atoms with Gasteiger partial charge in [0.1, 0.15) is 42.7 Å². The molecule has 728 valence electrons. The quantitative estimate of drug-likeness (QED) is 0.0357. The van der Waals surface area contributed by atoms with Gasteiger partial charge in [0.15, 0.2) is 123 Å². The summed E-state index contributed by atoms with van der Waals surface area (Å²) in [6.45, 7) is 4.55. The van der Waals surface area contributed by atoms with Gasteiger partial charge in [-0.3, -0.25) is 67.1 Å². The average Bonchev–Trinajstić information content (AvgIpc) is 0.857. The van der Waals surface area contributed by atoms with E-state index in [4.69, 9.17) is 128 Å². The lowest BCUT2D eigenvalue weighted by Gasteiger charge is -2.52. The van der Waals surface area contributed by atoms with E-state index in [1.165, 1.54) is 0 Å². The minimum absolute atomic E-state index is 0.727. The van der Waals surface area contributed by atoms with Crippen molar-refractivity contribution in [1.29, 1.82) is 0 Å². The van der Waals surface area contributed by atoms with Gasteiger partial charge < -0.3 is 128 Å². The van der Waals surface area contributed by atoms with Crippen LogP contribution in [0.3, 0.4) is 0 Å². The molecule has 0 amide bonds. The van der Waals surface area contributed by atoms with Crippen LogP contribution >= 0.6 is 0 Å². The Morgan fingerprint density at radius 3 is 0.519 bits per heavy atom. The van der Waals surface area contributed by atoms with Crippen LogP contribution in [0.4, 0.5) is 0 Å². The van der Waals surface area contributed by atoms with E-state index in [9.17, 15) is 106 Å². The van der Waals surface area contributed by atoms with Crippen LogP contribution in [0.5, 0.6) is 0 Å². The number of rotatable bonds is 28. The normalized spacial score (nSPS) is 35.6. The highest BCUT2D eigenvalue weighted by atomic mass is 16.8. The van der Waals surface area contributed by atoms with Crippen molar-refractivity contribution < 1.29 is 195 Å². The highest BCUT2D eigenvalue weighted by molar-refractivity contribution is 5.72. The zero-order valence-corrected chi connectivity index (χ0v) is 73.0. The number of azide groups is 7. The van der Waals surface area contributed by atoms with E-state index in [0.29, 0.717) is 0 Å². The van der Waals surface area contributed by atoms with Gasteiger partial charge in [0.2, 0.25) is 0 Å². The Morgan fingerprint density at radius 2 is 0.346 bits per heavy atom. The molecule has 133 heavy (non-hydrogen) atoms. The maximum Gasteiger partial charge on any atom is 0.303 e. The van der Waals surface area contributed by atoms with Crippen molar-refractivity contribution in [2.75, 3.05) is 45.8 Å². The van der Waals surface area contributed by atoms with Crippen molar-refractivity contribution in [3.05, 3.63) is 73.1 Å². The summed E-state index contributed by atoms with van der Waals surface area (Å²) < 4.78 is 169. The lowest BCUT2D eigenvalue weighted by Crippen LogP contribution is -2.70. The first-order valence-corrected chi connectivity index (χ1v) is 40.2. The summed E-state index contributed by atoms with van der Waals surface area (Å²) >= 11 is 0. The Morgan fingerprint density at radius 1 is 0.203 bits per heavy atom. The maximum absolute atomic E-state index is 13.8. The fourth-order valence-electron chi connectivity index (χ4n) is 16.0. The highest BCUT2D eigenvalue weighted by Crippen LogP contribution is 2.46. The molecule has 21 rings (SSSR count). The molecule has 1 aliphatic carbocycles. The number of hydrogen-bond donors (Lipinski definition) is 0. The van der Waals surface area contributed by atoms with E-state index in [-0.39, 0.29) is 0 Å². The zero-order chi connectivity index (χ0) is 97.9. The summed E-state index contributed by atoms with van der Waals surface area (Å²) in [7, 11) is 0. The first-order valence-electron chi connectivity index (χ1n) is 40.2. The summed E-state index contributed by atoms with van der Waals surface area (Å²) in [6, 6.07) is 0. The van der Waals surface area contributed by atoms with Gasteiger partial charge in [-0.25, -0.2) is 0 Å². The van der Waals surface area contributed by atoms with E-state index in [1.807, 2.05) is 0 Å². The molecule has 14 bridgehead atoms. The molecular formula is C71H93N21O41. The molecule has 0 aromatic carbocycles. The van der Waals surface area contributed by atoms with Gasteiger partial charge in [-0.05, 0) is 51.1 Å². The Balaban J connectivity index is 1.49. The molecule has 0 radical (unpaired) electrons. The van der Waals surface area contributed by atoms with Crippen molar-refractivity contribution in [1.82, 2.24) is 0 Å². The standard InChI is InChI=1S/C71H93N21O41/c1-23(93)107-46-38-15-37(16-79-86-72)45(53(46)108-24(2)94)128-66-61(116-32(10)102)55(110-26(4)96)48(40(123-66)18-81-88-74)130-68-63(118-34(12)104)57(112-28(6)98)50(42(125-68)20-83-90-76)132-70-65(120-36(14)106)59(114-30(8)100)52(44(127-70)22-85-92-78)133-71-64(119-35(13)105)58(113-29(7)99)51(43(126-71)21-84-91-77)131-69-62(117-33(11)103)56(111-27(5)97)49(41(124-69)19-82-89-75)129-67-60(115-31(9)101)54(109-25(3)95)47(121-38)39(122-67)17-80-87-73/h37-71H,15-22H2,1-14H3/t37?,38-,39?,40?,41?,42?,43?,44?,45+,46?,47+,48+,49+,50-,51+,52-,53-,54-,55-,56-,57+,58-,59+,60?,61?,62?,63?,64?,65?,66+,67+,68-,69+,70-,71-/m0/s1. The average molecular weight is 1900 g/mol. The lowest BCUT2D eigenvalue weighted by molar-refractivity contribution is -0.391. The monoisotopic (exact) mass is 1900 g/mol. The second-order valence-corrected chi connectivity index (χ2v) is 29.9. The smallest absolute Gasteiger partial charge is 0.303 e. The molecule has 0 spiro atoms. The van der Waals surface area contributed by atoms with E-state index in [0.717, 1.165) is 96.9 Å². The SMILES string of the molecule is CC(=O)OC1[C@@H]2OC(CN=[N+]=[N-])[C@@H](O[C@H]3OC(CN=[N+]=[N-])[C@@H](O[C@H]4CC(CN=[N+]=[N-])[C@@H](O[C@H]5OC(CN=[N+]=[N-])[C@@H](O[C@@H]6OC(CN=[N+]=[N-])[C@H](O[C@@H]7OC(CN=[N+]=[N-])[C@H](O[C@@H]8OC(CN=[N+]=[N-])[C@@H](O2)[C@H](OC(C)=O)C8OC(C)=O)[C@@H](OC(C)=O)C7OC(C)=O)[C@@H](OC(C)=O)C6OC(C)=O)[C@H](OC(C)=O)C5OC(C)=O)[C@H](OC(C)=O)C4OC(C)=O)[C@H](OC(C)=O)C3OC(C)=O)[C@@H]1OC(C)=O. The summed E-state index contributed by atoms with van der Waals surface area (Å²) in [5, 5.41) is 25.7. The van der Waals surface area contributed by atoms with Crippen LogP contribution < -0.4 is 0 Å². The van der Waals surface area contributed by atoms with Crippen LogP contribution in [0.2, 0.25) is 0 Å². The molecule has 21 fully saturated rings. The third kappa shape index (κ3) is 28.6. The second-order valence-electron chi connectivity index (χ2n) is 29.9. The molecule has 35 atom stereocenters. The number of nitrogens with zero attached hydrogens (tertiary/aromatic N) is 21. The van der Waals surface area contributed by atoms with E-state index in [1.54, 1.807) is 0 Å². The first kappa shape index (κ1) is 106. The van der Waals surface area contributed by atoms with Gasteiger partial charge >= 0.3 is 83.6 Å². The summed E-state index contributed by atoms with van der Waals surface area (Å²) in [5.41, 5.74) is 70.4. The molecule has 0 N–H and O–H groups in total. The minimum atomic E-state index is -2.41. The molecule has 20 saturated heterocycles. The fourth-order valence-corrected chi connectivity index (χ4v) is 16.0.